The van der Waals surface area contributed by atoms with E-state index in [0.29, 0.717) is 16.5 Å². The number of hydrogen-bond acceptors (Lipinski definition) is 2. The monoisotopic (exact) mass is 646 g/mol. The lowest BCUT2D eigenvalue weighted by Gasteiger charge is -2.38. The van der Waals surface area contributed by atoms with Gasteiger partial charge in [-0.3, -0.25) is 9.13 Å². The molecule has 0 radical (unpaired) electrons. The summed E-state index contributed by atoms with van der Waals surface area (Å²) >= 11 is 0. The Kier molecular flexibility index (Phi) is 4.95. The molecule has 0 saturated carbocycles. The topological polar surface area (TPSA) is 35.6 Å². The van der Waals surface area contributed by atoms with Crippen LogP contribution in [-0.2, 0) is 34.0 Å². The summed E-state index contributed by atoms with van der Waals surface area (Å²) in [6, 6.07) is 8.39. The maximum atomic E-state index is 14.9. The lowest BCUT2D eigenvalue weighted by atomic mass is 9.31. The first-order chi connectivity index (χ1) is 21.6. The molecule has 4 aliphatic rings. The molecule has 0 spiro atoms. The second-order valence-corrected chi connectivity index (χ2v) is 16.7. The SMILES string of the molecule is CC1(C)CC(C)(C)c2c1cc1nc(C(F)(F)F)n3c1c2B1c2c-3cccc2-n2c(C(F)(F)F)nc3cc4c(c1c32)C(C)(C)CC4(C)C. The lowest BCUT2D eigenvalue weighted by Crippen LogP contribution is -2.63. The number of imidazole rings is 2. The molecule has 2 aliphatic heterocycles. The zero-order valence-corrected chi connectivity index (χ0v) is 27.4. The highest BCUT2D eigenvalue weighted by Gasteiger charge is 2.55. The number of fused-ring (bicyclic) bond motifs is 8. The van der Waals surface area contributed by atoms with Gasteiger partial charge in [-0.2, -0.15) is 26.3 Å². The summed E-state index contributed by atoms with van der Waals surface area (Å²) < 4.78 is 91.9. The Morgan fingerprint density at radius 1 is 0.596 bits per heavy atom. The number of hydrogen-bond donors (Lipinski definition) is 0. The zero-order chi connectivity index (χ0) is 33.8. The molecule has 5 aromatic rings. The molecule has 2 aromatic heterocycles. The van der Waals surface area contributed by atoms with E-state index in [4.69, 9.17) is 0 Å². The molecule has 47 heavy (non-hydrogen) atoms. The van der Waals surface area contributed by atoms with E-state index in [1.165, 1.54) is 9.13 Å². The molecule has 3 aromatic carbocycles. The third kappa shape index (κ3) is 3.38. The van der Waals surface area contributed by atoms with Gasteiger partial charge in [-0.05, 0) is 97.4 Å². The Hall–Kier alpha value is -3.76. The summed E-state index contributed by atoms with van der Waals surface area (Å²) in [4.78, 5) is 8.54. The van der Waals surface area contributed by atoms with Crippen LogP contribution in [0.4, 0.5) is 26.3 Å². The highest BCUT2D eigenvalue weighted by molar-refractivity contribution is 7.00. The maximum Gasteiger partial charge on any atom is 0.450 e. The summed E-state index contributed by atoms with van der Waals surface area (Å²) in [7, 11) is 0. The molecule has 0 fully saturated rings. The average molecular weight is 646 g/mol. The first kappa shape index (κ1) is 29.4. The highest BCUT2D eigenvalue weighted by Crippen LogP contribution is 2.54. The standard InChI is InChI=1S/C36H33BF6N4/c1-31(2)14-33(5,6)22-16(31)12-18-27-25(22)37-24-20(46(27)29(44-18)35(38,39)40)10-9-11-21(24)47-28-19(45-30(47)36(41,42)43)13-17-23(26(28)37)34(7,8)15-32(17,3)4/h9-13H,14-15H2,1-8H3. The van der Waals surface area contributed by atoms with Crippen molar-refractivity contribution in [1.29, 1.82) is 0 Å². The Balaban J connectivity index is 1.59. The van der Waals surface area contributed by atoms with E-state index < -0.39 is 41.5 Å². The van der Waals surface area contributed by atoms with Gasteiger partial charge in [0.2, 0.25) is 11.6 Å². The van der Waals surface area contributed by atoms with Gasteiger partial charge in [-0.1, -0.05) is 61.5 Å². The molecule has 4 nitrogen and oxygen atoms in total. The minimum atomic E-state index is -4.80. The highest BCUT2D eigenvalue weighted by atomic mass is 19.4. The molecule has 11 heteroatoms. The first-order valence-electron chi connectivity index (χ1n) is 16.0. The summed E-state index contributed by atoms with van der Waals surface area (Å²) in [5, 5.41) is 0. The fourth-order valence-corrected chi connectivity index (χ4v) is 10.7. The van der Waals surface area contributed by atoms with Crippen molar-refractivity contribution in [1.82, 2.24) is 19.1 Å². The van der Waals surface area contributed by atoms with Crippen molar-refractivity contribution in [2.45, 2.75) is 102 Å². The predicted octanol–water partition coefficient (Wildman–Crippen LogP) is 7.46. The molecular weight excluding hydrogens is 613 g/mol. The van der Waals surface area contributed by atoms with E-state index in [-0.39, 0.29) is 33.2 Å². The number of halogens is 6. The number of alkyl halides is 6. The Morgan fingerprint density at radius 2 is 0.979 bits per heavy atom. The smallest absolute Gasteiger partial charge is 0.290 e. The van der Waals surface area contributed by atoms with E-state index in [0.717, 1.165) is 46.0 Å². The van der Waals surface area contributed by atoms with Crippen LogP contribution in [0.5, 0.6) is 0 Å². The van der Waals surface area contributed by atoms with E-state index in [1.54, 1.807) is 18.2 Å². The van der Waals surface area contributed by atoms with Gasteiger partial charge < -0.3 is 0 Å². The van der Waals surface area contributed by atoms with Crippen LogP contribution in [0.1, 0.15) is 102 Å². The van der Waals surface area contributed by atoms with E-state index in [9.17, 15) is 26.3 Å². The van der Waals surface area contributed by atoms with Crippen LogP contribution in [0.3, 0.4) is 0 Å². The molecular formula is C36H33BF6N4. The predicted molar refractivity (Wildman–Crippen MR) is 172 cm³/mol. The van der Waals surface area contributed by atoms with Gasteiger partial charge in [0.15, 0.2) is 0 Å². The summed E-state index contributed by atoms with van der Waals surface area (Å²) in [5.41, 5.74) is 5.86. The van der Waals surface area contributed by atoms with Gasteiger partial charge in [0.25, 0.3) is 6.71 Å². The number of benzene rings is 3. The average Bonchev–Trinajstić information content (AvgIpc) is 3.60. The van der Waals surface area contributed by atoms with Crippen LogP contribution in [-0.4, -0.2) is 25.8 Å². The van der Waals surface area contributed by atoms with Crippen LogP contribution < -0.4 is 16.4 Å². The lowest BCUT2D eigenvalue weighted by molar-refractivity contribution is -0.146. The van der Waals surface area contributed by atoms with Crippen molar-refractivity contribution in [3.8, 4) is 11.4 Å². The van der Waals surface area contributed by atoms with E-state index in [2.05, 4.69) is 65.4 Å². The van der Waals surface area contributed by atoms with Crippen molar-refractivity contribution in [3.05, 3.63) is 64.2 Å². The van der Waals surface area contributed by atoms with Gasteiger partial charge in [0.05, 0.1) is 22.1 Å². The molecule has 0 atom stereocenters. The molecule has 4 heterocycles. The van der Waals surface area contributed by atoms with Crippen LogP contribution in [0.15, 0.2) is 30.3 Å². The fourth-order valence-electron chi connectivity index (χ4n) is 10.7. The van der Waals surface area contributed by atoms with Gasteiger partial charge in [0, 0.05) is 11.4 Å². The van der Waals surface area contributed by atoms with Crippen molar-refractivity contribution < 1.29 is 26.3 Å². The third-order valence-electron chi connectivity index (χ3n) is 11.5. The quantitative estimate of drug-likeness (QED) is 0.127. The largest absolute Gasteiger partial charge is 0.450 e. The zero-order valence-electron chi connectivity index (χ0n) is 27.4. The molecule has 242 valence electrons. The minimum absolute atomic E-state index is 0.207. The van der Waals surface area contributed by atoms with Crippen molar-refractivity contribution in [2.24, 2.45) is 0 Å². The molecule has 0 saturated heterocycles. The molecule has 9 rings (SSSR count). The first-order valence-corrected chi connectivity index (χ1v) is 16.0. The Morgan fingerprint density at radius 3 is 1.34 bits per heavy atom. The van der Waals surface area contributed by atoms with Gasteiger partial charge in [-0.15, -0.1) is 0 Å². The Bertz CT molecular complexity index is 2140. The van der Waals surface area contributed by atoms with Crippen LogP contribution in [0.2, 0.25) is 0 Å². The normalized spacial score (nSPS) is 20.6. The number of aromatic nitrogens is 4. The minimum Gasteiger partial charge on any atom is -0.290 e. The van der Waals surface area contributed by atoms with Gasteiger partial charge >= 0.3 is 12.4 Å². The van der Waals surface area contributed by atoms with Crippen molar-refractivity contribution >= 4 is 45.2 Å². The van der Waals surface area contributed by atoms with Crippen LogP contribution in [0.25, 0.3) is 33.4 Å². The van der Waals surface area contributed by atoms with Crippen molar-refractivity contribution in [2.75, 3.05) is 0 Å². The summed E-state index contributed by atoms with van der Waals surface area (Å²) in [5.74, 6) is -2.14. The van der Waals surface area contributed by atoms with Gasteiger partial charge in [0.1, 0.15) is 0 Å². The molecule has 2 aliphatic carbocycles. The number of rotatable bonds is 0. The summed E-state index contributed by atoms with van der Waals surface area (Å²) in [6.45, 7) is 16.3. The molecule has 0 amide bonds. The molecule has 0 bridgehead atoms. The molecule has 0 N–H and O–H groups in total. The van der Waals surface area contributed by atoms with Gasteiger partial charge in [-0.25, -0.2) is 9.97 Å². The molecule has 0 unspecified atom stereocenters. The summed E-state index contributed by atoms with van der Waals surface area (Å²) in [6.07, 6.45) is -8.08. The van der Waals surface area contributed by atoms with E-state index in [1.807, 2.05) is 12.1 Å². The van der Waals surface area contributed by atoms with E-state index >= 15 is 0 Å². The Labute approximate surface area is 268 Å². The fraction of sp³-hybridized carbons (Fsp3) is 0.444. The number of nitrogens with zero attached hydrogens (tertiary/aromatic N) is 4. The van der Waals surface area contributed by atoms with Crippen molar-refractivity contribution in [3.63, 3.8) is 0 Å². The maximum absolute atomic E-state index is 14.9. The second kappa shape index (κ2) is 7.92. The second-order valence-electron chi connectivity index (χ2n) is 16.7. The van der Waals surface area contributed by atoms with Crippen LogP contribution >= 0.6 is 0 Å². The van der Waals surface area contributed by atoms with Crippen LogP contribution in [0, 0.1) is 0 Å². The third-order valence-corrected chi connectivity index (χ3v) is 11.5.